The zero-order valence-electron chi connectivity index (χ0n) is 11.4. The fourth-order valence-corrected chi connectivity index (χ4v) is 4.34. The zero-order chi connectivity index (χ0) is 13.7. The molecule has 5 heteroatoms. The van der Waals surface area contributed by atoms with Gasteiger partial charge < -0.3 is 15.5 Å². The number of guanidine groups is 1. The normalized spacial score (nSPS) is 35.6. The van der Waals surface area contributed by atoms with Gasteiger partial charge in [-0.1, -0.05) is 23.7 Å². The van der Waals surface area contributed by atoms with Gasteiger partial charge in [-0.25, -0.2) is 0 Å². The van der Waals surface area contributed by atoms with Crippen LogP contribution in [0.5, 0.6) is 0 Å². The first-order valence-corrected chi connectivity index (χ1v) is 7.65. The average molecular weight is 291 g/mol. The van der Waals surface area contributed by atoms with Crippen LogP contribution in [0, 0.1) is 5.92 Å². The molecule has 1 spiro atoms. The lowest BCUT2D eigenvalue weighted by molar-refractivity contribution is 0.182. The van der Waals surface area contributed by atoms with Crippen LogP contribution in [0.15, 0.2) is 29.3 Å². The molecule has 3 atom stereocenters. The first-order chi connectivity index (χ1) is 9.71. The van der Waals surface area contributed by atoms with Crippen LogP contribution in [0.25, 0.3) is 0 Å². The number of fused-ring (bicyclic) bond motifs is 3. The van der Waals surface area contributed by atoms with E-state index in [0.717, 1.165) is 30.2 Å². The second kappa shape index (κ2) is 4.37. The van der Waals surface area contributed by atoms with Crippen LogP contribution >= 0.6 is 11.6 Å². The number of hydrogen-bond donors (Lipinski definition) is 1. The van der Waals surface area contributed by atoms with E-state index in [-0.39, 0.29) is 5.54 Å². The van der Waals surface area contributed by atoms with Gasteiger partial charge in [0.2, 0.25) is 0 Å². The third-order valence-corrected chi connectivity index (χ3v) is 5.50. The molecule has 4 rings (SSSR count). The Hall–Kier alpha value is -1.26. The van der Waals surface area contributed by atoms with Crippen LogP contribution in [0.4, 0.5) is 5.69 Å². The van der Waals surface area contributed by atoms with Crippen molar-refractivity contribution in [3.63, 3.8) is 0 Å². The third-order valence-electron chi connectivity index (χ3n) is 5.18. The van der Waals surface area contributed by atoms with Gasteiger partial charge in [0.25, 0.3) is 0 Å². The van der Waals surface area contributed by atoms with Crippen molar-refractivity contribution in [3.05, 3.63) is 29.3 Å². The van der Waals surface area contributed by atoms with Crippen molar-refractivity contribution in [1.82, 2.24) is 4.90 Å². The number of nitrogens with zero attached hydrogens (tertiary/aromatic N) is 3. The summed E-state index contributed by atoms with van der Waals surface area (Å²) in [6.07, 6.45) is 2.36. The fourth-order valence-electron chi connectivity index (χ4n) is 4.12. The summed E-state index contributed by atoms with van der Waals surface area (Å²) in [6, 6.07) is 7.96. The highest BCUT2D eigenvalue weighted by atomic mass is 35.5. The van der Waals surface area contributed by atoms with Gasteiger partial charge in [-0.3, -0.25) is 4.99 Å². The van der Waals surface area contributed by atoms with Crippen molar-refractivity contribution in [1.29, 1.82) is 0 Å². The van der Waals surface area contributed by atoms with Gasteiger partial charge in [0.15, 0.2) is 5.96 Å². The summed E-state index contributed by atoms with van der Waals surface area (Å²) in [5.74, 6) is 1.26. The molecular weight excluding hydrogens is 272 g/mol. The van der Waals surface area contributed by atoms with E-state index in [1.807, 2.05) is 18.2 Å². The summed E-state index contributed by atoms with van der Waals surface area (Å²) in [4.78, 5) is 9.35. The molecule has 4 nitrogen and oxygen atoms in total. The zero-order valence-corrected chi connectivity index (χ0v) is 12.2. The number of benzene rings is 1. The molecule has 3 aliphatic rings. The van der Waals surface area contributed by atoms with Crippen molar-refractivity contribution in [3.8, 4) is 0 Å². The lowest BCUT2D eigenvalue weighted by Gasteiger charge is -2.46. The van der Waals surface area contributed by atoms with E-state index >= 15 is 0 Å². The highest BCUT2D eigenvalue weighted by molar-refractivity contribution is 6.34. The maximum atomic E-state index is 6.41. The largest absolute Gasteiger partial charge is 0.369 e. The van der Waals surface area contributed by atoms with Crippen LogP contribution in [-0.4, -0.2) is 42.6 Å². The van der Waals surface area contributed by atoms with Gasteiger partial charge >= 0.3 is 0 Å². The molecule has 2 bridgehead atoms. The van der Waals surface area contributed by atoms with Gasteiger partial charge in [-0.05, 0) is 37.4 Å². The smallest absolute Gasteiger partial charge is 0.196 e. The lowest BCUT2D eigenvalue weighted by atomic mass is 9.77. The minimum absolute atomic E-state index is 0.0437. The summed E-state index contributed by atoms with van der Waals surface area (Å²) >= 11 is 6.41. The molecule has 3 heterocycles. The van der Waals surface area contributed by atoms with E-state index < -0.39 is 0 Å². The van der Waals surface area contributed by atoms with Gasteiger partial charge in [-0.2, -0.15) is 0 Å². The first-order valence-electron chi connectivity index (χ1n) is 7.28. The maximum absolute atomic E-state index is 6.41. The van der Waals surface area contributed by atoms with Crippen molar-refractivity contribution in [2.75, 3.05) is 31.1 Å². The Morgan fingerprint density at radius 2 is 2.15 bits per heavy atom. The minimum Gasteiger partial charge on any atom is -0.369 e. The molecular formula is C15H19ClN4. The van der Waals surface area contributed by atoms with E-state index in [2.05, 4.69) is 20.9 Å². The SMILES string of the molecule is NC1=NCC2(CCN3CCC2C3)N1c1ccccc1Cl. The number of hydrogen-bond acceptors (Lipinski definition) is 4. The van der Waals surface area contributed by atoms with Crippen molar-refractivity contribution in [2.45, 2.75) is 18.4 Å². The minimum atomic E-state index is 0.0437. The predicted molar refractivity (Wildman–Crippen MR) is 82.3 cm³/mol. The van der Waals surface area contributed by atoms with Gasteiger partial charge in [0.1, 0.15) is 0 Å². The molecule has 1 aromatic rings. The molecule has 2 N–H and O–H groups in total. The van der Waals surface area contributed by atoms with Gasteiger partial charge in [0.05, 0.1) is 22.8 Å². The third kappa shape index (κ3) is 1.61. The second-order valence-corrected chi connectivity index (χ2v) is 6.51. The molecule has 2 fully saturated rings. The van der Waals surface area contributed by atoms with Crippen LogP contribution < -0.4 is 10.6 Å². The highest BCUT2D eigenvalue weighted by Gasteiger charge is 2.53. The Balaban J connectivity index is 1.79. The number of halogens is 1. The highest BCUT2D eigenvalue weighted by Crippen LogP contribution is 2.45. The van der Waals surface area contributed by atoms with E-state index in [4.69, 9.17) is 17.3 Å². The number of rotatable bonds is 1. The number of para-hydroxylation sites is 1. The Morgan fingerprint density at radius 3 is 3.00 bits per heavy atom. The number of piperidine rings is 1. The number of aliphatic imine (C=N–C) groups is 1. The van der Waals surface area contributed by atoms with Gasteiger partial charge in [-0.15, -0.1) is 0 Å². The standard InChI is InChI=1S/C15H19ClN4/c16-12-3-1-2-4-13(12)20-14(17)18-10-15(20)6-8-19-7-5-11(15)9-19/h1-4,11H,5-10H2,(H2,17,18). The van der Waals surface area contributed by atoms with E-state index in [9.17, 15) is 0 Å². The Kier molecular flexibility index (Phi) is 2.72. The van der Waals surface area contributed by atoms with Crippen molar-refractivity contribution in [2.24, 2.45) is 16.6 Å². The van der Waals surface area contributed by atoms with E-state index in [1.165, 1.54) is 19.5 Å². The van der Waals surface area contributed by atoms with Gasteiger partial charge in [0, 0.05) is 13.1 Å². The molecule has 1 aromatic carbocycles. The summed E-state index contributed by atoms with van der Waals surface area (Å²) in [5, 5.41) is 0.757. The quantitative estimate of drug-likeness (QED) is 0.860. The summed E-state index contributed by atoms with van der Waals surface area (Å²) in [6.45, 7) is 4.33. The Labute approximate surface area is 124 Å². The monoisotopic (exact) mass is 290 g/mol. The first kappa shape index (κ1) is 12.5. The average Bonchev–Trinajstić information content (AvgIpc) is 2.99. The van der Waals surface area contributed by atoms with E-state index in [1.54, 1.807) is 0 Å². The molecule has 0 radical (unpaired) electrons. The predicted octanol–water partition coefficient (Wildman–Crippen LogP) is 1.94. The molecule has 0 saturated carbocycles. The van der Waals surface area contributed by atoms with Crippen LogP contribution in [0.2, 0.25) is 5.02 Å². The molecule has 2 saturated heterocycles. The fraction of sp³-hybridized carbons (Fsp3) is 0.533. The molecule has 0 aromatic heterocycles. The summed E-state index contributed by atoms with van der Waals surface area (Å²) in [7, 11) is 0. The number of anilines is 1. The van der Waals surface area contributed by atoms with E-state index in [0.29, 0.717) is 11.9 Å². The summed E-state index contributed by atoms with van der Waals surface area (Å²) < 4.78 is 0. The topological polar surface area (TPSA) is 44.9 Å². The molecule has 0 aliphatic carbocycles. The van der Waals surface area contributed by atoms with Crippen LogP contribution in [0.1, 0.15) is 12.8 Å². The molecule has 20 heavy (non-hydrogen) atoms. The molecule has 106 valence electrons. The van der Waals surface area contributed by atoms with Crippen molar-refractivity contribution < 1.29 is 0 Å². The van der Waals surface area contributed by atoms with Crippen LogP contribution in [-0.2, 0) is 0 Å². The maximum Gasteiger partial charge on any atom is 0.196 e. The molecule has 0 amide bonds. The number of nitrogens with two attached hydrogens (primary N) is 1. The Bertz CT molecular complexity index is 573. The summed E-state index contributed by atoms with van der Waals surface area (Å²) in [5.41, 5.74) is 7.27. The Morgan fingerprint density at radius 1 is 1.30 bits per heavy atom. The lowest BCUT2D eigenvalue weighted by Crippen LogP contribution is -2.60. The molecule has 3 aliphatic heterocycles. The molecule has 3 unspecified atom stereocenters. The second-order valence-electron chi connectivity index (χ2n) is 6.10. The van der Waals surface area contributed by atoms with Crippen LogP contribution in [0.3, 0.4) is 0 Å². The van der Waals surface area contributed by atoms with Crippen molar-refractivity contribution >= 4 is 23.2 Å².